The molecule has 4 aliphatic rings. The first-order valence-corrected chi connectivity index (χ1v) is 13.2. The number of carbonyl (C=O) groups is 4. The number of carbonyl (C=O) groups excluding carboxylic acids is 4. The molecule has 38 heavy (non-hydrogen) atoms. The first-order valence-electron chi connectivity index (χ1n) is 13.2. The van der Waals surface area contributed by atoms with Gasteiger partial charge >= 0.3 is 17.9 Å². The molecule has 3 aliphatic carbocycles. The molecule has 0 spiro atoms. The van der Waals surface area contributed by atoms with Crippen LogP contribution in [0.4, 0.5) is 0 Å². The van der Waals surface area contributed by atoms with Gasteiger partial charge in [-0.15, -0.1) is 0 Å². The summed E-state index contributed by atoms with van der Waals surface area (Å²) in [4.78, 5) is 52.1. The van der Waals surface area contributed by atoms with Gasteiger partial charge in [0.1, 0.15) is 18.0 Å². The van der Waals surface area contributed by atoms with E-state index in [4.69, 9.17) is 18.6 Å². The van der Waals surface area contributed by atoms with Crippen LogP contribution in [0.5, 0.6) is 0 Å². The molecule has 2 unspecified atom stereocenters. The molecule has 8 atom stereocenters. The predicted molar refractivity (Wildman–Crippen MR) is 132 cm³/mol. The van der Waals surface area contributed by atoms with Crippen molar-refractivity contribution in [2.75, 3.05) is 7.11 Å². The first kappa shape index (κ1) is 26.7. The Balaban J connectivity index is 1.72. The Hall–Kier alpha value is -2.94. The van der Waals surface area contributed by atoms with Gasteiger partial charge in [0, 0.05) is 34.7 Å². The highest BCUT2D eigenvalue weighted by atomic mass is 16.6. The lowest BCUT2D eigenvalue weighted by atomic mass is 9.40. The maximum absolute atomic E-state index is 14.3. The van der Waals surface area contributed by atoms with Gasteiger partial charge in [0.15, 0.2) is 6.10 Å². The van der Waals surface area contributed by atoms with E-state index in [9.17, 15) is 24.3 Å². The Labute approximate surface area is 221 Å². The third-order valence-electron chi connectivity index (χ3n) is 10.1. The summed E-state index contributed by atoms with van der Waals surface area (Å²) in [5.41, 5.74) is 0.102. The SMILES string of the molecule is COC(=O)C(O)[C@H]1C(C)(C)[C@@H](OC(C)=O)[C@H]2CC3=C4CC(=O)O[C@@H](c5ccoc5)[C@]4(C)CCC3[C@@]1(C)C2=O. The lowest BCUT2D eigenvalue weighted by Crippen LogP contribution is -2.69. The number of methoxy groups -OCH3 is 1. The Morgan fingerprint density at radius 1 is 1.18 bits per heavy atom. The minimum atomic E-state index is -1.60. The summed E-state index contributed by atoms with van der Waals surface area (Å²) in [5, 5.41) is 11.3. The Kier molecular flexibility index (Phi) is 6.17. The molecule has 1 aromatic heterocycles. The zero-order chi connectivity index (χ0) is 27.8. The molecule has 2 heterocycles. The van der Waals surface area contributed by atoms with Gasteiger partial charge in [0.25, 0.3) is 0 Å². The summed E-state index contributed by atoms with van der Waals surface area (Å²) in [6.07, 6.45) is 1.82. The largest absolute Gasteiger partial charge is 0.472 e. The molecule has 2 saturated carbocycles. The van der Waals surface area contributed by atoms with Crippen molar-refractivity contribution in [3.63, 3.8) is 0 Å². The molecule has 9 heteroatoms. The van der Waals surface area contributed by atoms with E-state index in [2.05, 4.69) is 6.92 Å². The first-order chi connectivity index (χ1) is 17.8. The molecule has 0 amide bonds. The number of furan rings is 1. The van der Waals surface area contributed by atoms with Crippen LogP contribution in [0.1, 0.15) is 72.0 Å². The van der Waals surface area contributed by atoms with E-state index >= 15 is 0 Å². The lowest BCUT2D eigenvalue weighted by Gasteiger charge is -2.64. The van der Waals surface area contributed by atoms with Crippen LogP contribution in [0, 0.1) is 34.0 Å². The second-order valence-electron chi connectivity index (χ2n) is 12.4. The zero-order valence-electron chi connectivity index (χ0n) is 22.7. The van der Waals surface area contributed by atoms with Gasteiger partial charge in [0.05, 0.1) is 32.0 Å². The number of aliphatic hydroxyl groups is 1. The Bertz CT molecular complexity index is 1210. The average Bonchev–Trinajstić information content (AvgIpc) is 3.38. The quantitative estimate of drug-likeness (QED) is 0.353. The van der Waals surface area contributed by atoms with Crippen LogP contribution in [0.2, 0.25) is 0 Å². The van der Waals surface area contributed by atoms with E-state index in [0.29, 0.717) is 19.3 Å². The number of Topliss-reactive ketones (excluding diaryl/α,β-unsaturated/α-hetero) is 1. The van der Waals surface area contributed by atoms with Crippen LogP contribution in [-0.2, 0) is 33.4 Å². The number of aliphatic hydroxyl groups excluding tert-OH is 1. The zero-order valence-corrected chi connectivity index (χ0v) is 22.7. The minimum absolute atomic E-state index is 0.0967. The smallest absolute Gasteiger partial charge is 0.335 e. The molecule has 3 fully saturated rings. The van der Waals surface area contributed by atoms with Crippen LogP contribution >= 0.6 is 0 Å². The van der Waals surface area contributed by atoms with Crippen molar-refractivity contribution < 1.29 is 42.9 Å². The lowest BCUT2D eigenvalue weighted by molar-refractivity contribution is -0.212. The van der Waals surface area contributed by atoms with E-state index in [1.165, 1.54) is 14.0 Å². The van der Waals surface area contributed by atoms with Gasteiger partial charge in [-0.2, -0.15) is 0 Å². The highest BCUT2D eigenvalue weighted by Gasteiger charge is 2.70. The number of esters is 3. The van der Waals surface area contributed by atoms with Crippen LogP contribution in [0.15, 0.2) is 34.2 Å². The fourth-order valence-electron chi connectivity index (χ4n) is 8.57. The number of fused-ring (bicyclic) bond motifs is 5. The molecule has 206 valence electrons. The van der Waals surface area contributed by atoms with Crippen molar-refractivity contribution in [1.82, 2.24) is 0 Å². The fourth-order valence-corrected chi connectivity index (χ4v) is 8.57. The summed E-state index contributed by atoms with van der Waals surface area (Å²) in [6, 6.07) is 1.80. The van der Waals surface area contributed by atoms with E-state index in [1.807, 2.05) is 20.8 Å². The van der Waals surface area contributed by atoms with Gasteiger partial charge in [-0.25, -0.2) is 4.79 Å². The summed E-state index contributed by atoms with van der Waals surface area (Å²) < 4.78 is 21.9. The monoisotopic (exact) mass is 528 g/mol. The number of cyclic esters (lactones) is 1. The third-order valence-corrected chi connectivity index (χ3v) is 10.1. The van der Waals surface area contributed by atoms with E-state index in [-0.39, 0.29) is 24.1 Å². The van der Waals surface area contributed by atoms with Gasteiger partial charge < -0.3 is 23.7 Å². The number of ether oxygens (including phenoxy) is 3. The molecule has 9 nitrogen and oxygen atoms in total. The summed E-state index contributed by atoms with van der Waals surface area (Å²) >= 11 is 0. The molecule has 5 rings (SSSR count). The van der Waals surface area contributed by atoms with Gasteiger partial charge in [-0.1, -0.05) is 33.3 Å². The Morgan fingerprint density at radius 2 is 1.89 bits per heavy atom. The van der Waals surface area contributed by atoms with Crippen LogP contribution in [-0.4, -0.2) is 48.1 Å². The number of hydrogen-bond acceptors (Lipinski definition) is 9. The second kappa shape index (κ2) is 8.79. The summed E-state index contributed by atoms with van der Waals surface area (Å²) in [6.45, 7) is 8.88. The molecular formula is C29H36O9. The molecule has 1 aliphatic heterocycles. The van der Waals surface area contributed by atoms with Crippen molar-refractivity contribution in [3.05, 3.63) is 35.3 Å². The van der Waals surface area contributed by atoms with Gasteiger partial charge in [-0.05, 0) is 36.8 Å². The standard InChI is InChI=1S/C29H36O9/c1-14(30)37-25-17-11-16-18(29(5,23(17)33)22(27(25,2)3)21(32)26(34)35-6)7-9-28(4)19(16)12-20(31)38-24(28)15-8-10-36-13-15/h8,10,13,17-18,21-22,24-25,32H,7,9,11-12H2,1-6H3/t17-,18?,21?,22-,24-,25-,28+,29+/m0/s1. The average molecular weight is 529 g/mol. The van der Waals surface area contributed by atoms with Crippen molar-refractivity contribution in [1.29, 1.82) is 0 Å². The van der Waals surface area contributed by atoms with E-state index < -0.39 is 58.3 Å². The number of ketones is 1. The fraction of sp³-hybridized carbons (Fsp3) is 0.655. The maximum Gasteiger partial charge on any atom is 0.335 e. The molecule has 1 aromatic rings. The molecule has 0 radical (unpaired) electrons. The normalized spacial score (nSPS) is 38.4. The minimum Gasteiger partial charge on any atom is -0.472 e. The maximum atomic E-state index is 14.3. The predicted octanol–water partition coefficient (Wildman–Crippen LogP) is 3.70. The highest BCUT2D eigenvalue weighted by molar-refractivity contribution is 5.93. The molecule has 1 N–H and O–H groups in total. The van der Waals surface area contributed by atoms with Gasteiger partial charge in [0.2, 0.25) is 0 Å². The van der Waals surface area contributed by atoms with Crippen molar-refractivity contribution in [2.24, 2.45) is 34.0 Å². The van der Waals surface area contributed by atoms with Crippen molar-refractivity contribution in [3.8, 4) is 0 Å². The second-order valence-corrected chi connectivity index (χ2v) is 12.4. The van der Waals surface area contributed by atoms with E-state index in [0.717, 1.165) is 16.7 Å². The highest BCUT2D eigenvalue weighted by Crippen LogP contribution is 2.68. The van der Waals surface area contributed by atoms with Gasteiger partial charge in [-0.3, -0.25) is 14.4 Å². The molecule has 0 aromatic carbocycles. The number of allylic oxidation sites excluding steroid dienone is 1. The summed E-state index contributed by atoms with van der Waals surface area (Å²) in [7, 11) is 1.20. The van der Waals surface area contributed by atoms with E-state index in [1.54, 1.807) is 18.6 Å². The molecule has 2 bridgehead atoms. The number of hydrogen-bond donors (Lipinski definition) is 1. The van der Waals surface area contributed by atoms with Crippen molar-refractivity contribution in [2.45, 2.75) is 78.6 Å². The van der Waals surface area contributed by atoms with Crippen molar-refractivity contribution >= 4 is 23.7 Å². The third kappa shape index (κ3) is 3.53. The molecular weight excluding hydrogens is 492 g/mol. The van der Waals surface area contributed by atoms with Crippen LogP contribution in [0.3, 0.4) is 0 Å². The van der Waals surface area contributed by atoms with Crippen LogP contribution in [0.25, 0.3) is 0 Å². The molecule has 1 saturated heterocycles. The topological polar surface area (TPSA) is 129 Å². The summed E-state index contributed by atoms with van der Waals surface area (Å²) in [5.74, 6) is -3.72. The van der Waals surface area contributed by atoms with Crippen LogP contribution < -0.4 is 0 Å². The Morgan fingerprint density at radius 3 is 2.50 bits per heavy atom. The number of rotatable bonds is 4.